The SMILES string of the molecule is CCC(CC)(CNC(=O)c1nccnc1N)c1ccc(Cl)cc1. The second-order valence-electron chi connectivity index (χ2n) is 5.47. The van der Waals surface area contributed by atoms with E-state index in [2.05, 4.69) is 29.1 Å². The van der Waals surface area contributed by atoms with Gasteiger partial charge in [0.25, 0.3) is 5.91 Å². The molecule has 0 saturated heterocycles. The van der Waals surface area contributed by atoms with Crippen LogP contribution >= 0.6 is 11.6 Å². The van der Waals surface area contributed by atoms with Crippen molar-refractivity contribution in [2.24, 2.45) is 0 Å². The molecule has 0 atom stereocenters. The monoisotopic (exact) mass is 332 g/mol. The molecule has 1 aromatic carbocycles. The highest BCUT2D eigenvalue weighted by Gasteiger charge is 2.29. The highest BCUT2D eigenvalue weighted by atomic mass is 35.5. The van der Waals surface area contributed by atoms with Crippen LogP contribution in [0.1, 0.15) is 42.7 Å². The van der Waals surface area contributed by atoms with E-state index in [0.29, 0.717) is 11.6 Å². The third-order valence-electron chi connectivity index (χ3n) is 4.34. The number of amides is 1. The molecule has 0 aliphatic carbocycles. The first-order valence-corrected chi connectivity index (χ1v) is 8.01. The van der Waals surface area contributed by atoms with Crippen LogP contribution in [0.2, 0.25) is 5.02 Å². The van der Waals surface area contributed by atoms with Crippen LogP contribution in [-0.4, -0.2) is 22.4 Å². The molecule has 23 heavy (non-hydrogen) atoms. The molecule has 1 aromatic heterocycles. The lowest BCUT2D eigenvalue weighted by atomic mass is 9.76. The fourth-order valence-corrected chi connectivity index (χ4v) is 2.80. The number of hydrogen-bond acceptors (Lipinski definition) is 4. The van der Waals surface area contributed by atoms with Crippen molar-refractivity contribution in [3.8, 4) is 0 Å². The molecule has 0 saturated carbocycles. The number of benzene rings is 1. The molecule has 2 rings (SSSR count). The lowest BCUT2D eigenvalue weighted by Gasteiger charge is -2.32. The molecule has 1 heterocycles. The fraction of sp³-hybridized carbons (Fsp3) is 0.353. The Labute approximate surface area is 141 Å². The van der Waals surface area contributed by atoms with E-state index >= 15 is 0 Å². The summed E-state index contributed by atoms with van der Waals surface area (Å²) in [6, 6.07) is 7.77. The number of anilines is 1. The normalized spacial score (nSPS) is 11.3. The van der Waals surface area contributed by atoms with E-state index in [-0.39, 0.29) is 22.8 Å². The van der Waals surface area contributed by atoms with Gasteiger partial charge in [0.2, 0.25) is 0 Å². The maximum atomic E-state index is 12.3. The maximum Gasteiger partial charge on any atom is 0.273 e. The Morgan fingerprint density at radius 1 is 1.17 bits per heavy atom. The Morgan fingerprint density at radius 3 is 2.35 bits per heavy atom. The van der Waals surface area contributed by atoms with Crippen LogP contribution < -0.4 is 11.1 Å². The Morgan fingerprint density at radius 2 is 1.78 bits per heavy atom. The highest BCUT2D eigenvalue weighted by molar-refractivity contribution is 6.30. The minimum absolute atomic E-state index is 0.134. The molecule has 1 amide bonds. The van der Waals surface area contributed by atoms with E-state index in [4.69, 9.17) is 17.3 Å². The molecule has 0 unspecified atom stereocenters. The summed E-state index contributed by atoms with van der Waals surface area (Å²) in [7, 11) is 0. The Kier molecular flexibility index (Phi) is 5.55. The number of aromatic nitrogens is 2. The summed E-state index contributed by atoms with van der Waals surface area (Å²) in [5.74, 6) is -0.175. The molecule has 0 spiro atoms. The first kappa shape index (κ1) is 17.2. The Hall–Kier alpha value is -2.14. The molecule has 2 aromatic rings. The van der Waals surface area contributed by atoms with Gasteiger partial charge >= 0.3 is 0 Å². The molecule has 0 aliphatic heterocycles. The van der Waals surface area contributed by atoms with Gasteiger partial charge in [-0.3, -0.25) is 4.79 Å². The van der Waals surface area contributed by atoms with E-state index in [0.717, 1.165) is 18.4 Å². The molecule has 0 radical (unpaired) electrons. The Balaban J connectivity index is 2.18. The van der Waals surface area contributed by atoms with Crippen molar-refractivity contribution in [2.75, 3.05) is 12.3 Å². The number of carbonyl (C=O) groups excluding carboxylic acids is 1. The molecule has 0 fully saturated rings. The van der Waals surface area contributed by atoms with Gasteiger partial charge in [-0.15, -0.1) is 0 Å². The third kappa shape index (κ3) is 3.79. The maximum absolute atomic E-state index is 12.3. The zero-order chi connectivity index (χ0) is 16.9. The van der Waals surface area contributed by atoms with Crippen molar-refractivity contribution in [1.29, 1.82) is 0 Å². The number of nitrogens with two attached hydrogens (primary N) is 1. The zero-order valence-electron chi connectivity index (χ0n) is 13.3. The molecule has 0 aliphatic rings. The van der Waals surface area contributed by atoms with Crippen molar-refractivity contribution in [3.05, 3.63) is 52.9 Å². The van der Waals surface area contributed by atoms with E-state index in [9.17, 15) is 4.79 Å². The van der Waals surface area contributed by atoms with Gasteiger partial charge in [0.05, 0.1) is 0 Å². The number of rotatable bonds is 6. The van der Waals surface area contributed by atoms with Gasteiger partial charge in [0.15, 0.2) is 11.5 Å². The highest BCUT2D eigenvalue weighted by Crippen LogP contribution is 2.32. The van der Waals surface area contributed by atoms with Crippen LogP contribution in [0.4, 0.5) is 5.82 Å². The average Bonchev–Trinajstić information content (AvgIpc) is 2.57. The second-order valence-corrected chi connectivity index (χ2v) is 5.90. The molecule has 5 nitrogen and oxygen atoms in total. The molecule has 6 heteroatoms. The topological polar surface area (TPSA) is 80.9 Å². The summed E-state index contributed by atoms with van der Waals surface area (Å²) in [5.41, 5.74) is 6.86. The van der Waals surface area contributed by atoms with Gasteiger partial charge in [-0.1, -0.05) is 37.6 Å². The van der Waals surface area contributed by atoms with E-state index < -0.39 is 0 Å². The smallest absolute Gasteiger partial charge is 0.273 e. The van der Waals surface area contributed by atoms with Crippen molar-refractivity contribution in [2.45, 2.75) is 32.1 Å². The van der Waals surface area contributed by atoms with Gasteiger partial charge in [0, 0.05) is 29.4 Å². The number of halogens is 1. The van der Waals surface area contributed by atoms with E-state index in [1.54, 1.807) is 0 Å². The van der Waals surface area contributed by atoms with Crippen LogP contribution in [-0.2, 0) is 5.41 Å². The summed E-state index contributed by atoms with van der Waals surface area (Å²) in [5, 5.41) is 3.64. The standard InChI is InChI=1S/C17H21ClN4O/c1-3-17(4-2,12-5-7-13(18)8-6-12)11-22-16(23)14-15(19)21-10-9-20-14/h5-10H,3-4,11H2,1-2H3,(H2,19,21)(H,22,23). The van der Waals surface area contributed by atoms with Crippen LogP contribution in [0.3, 0.4) is 0 Å². The van der Waals surface area contributed by atoms with Gasteiger partial charge in [-0.2, -0.15) is 0 Å². The lowest BCUT2D eigenvalue weighted by Crippen LogP contribution is -2.40. The van der Waals surface area contributed by atoms with Crippen molar-refractivity contribution in [1.82, 2.24) is 15.3 Å². The molecular weight excluding hydrogens is 312 g/mol. The van der Waals surface area contributed by atoms with Gasteiger partial charge in [-0.05, 0) is 30.5 Å². The number of nitrogens with one attached hydrogen (secondary N) is 1. The first-order chi connectivity index (χ1) is 11.0. The number of nitrogens with zero attached hydrogens (tertiary/aromatic N) is 2. The summed E-state index contributed by atoms with van der Waals surface area (Å²) in [4.78, 5) is 20.2. The van der Waals surface area contributed by atoms with E-state index in [1.165, 1.54) is 12.4 Å². The lowest BCUT2D eigenvalue weighted by molar-refractivity contribution is 0.0937. The van der Waals surface area contributed by atoms with Crippen LogP contribution in [0.15, 0.2) is 36.7 Å². The van der Waals surface area contributed by atoms with E-state index in [1.807, 2.05) is 24.3 Å². The summed E-state index contributed by atoms with van der Waals surface area (Å²) in [6.07, 6.45) is 4.70. The predicted octanol–water partition coefficient (Wildman–Crippen LogP) is 3.20. The molecule has 122 valence electrons. The third-order valence-corrected chi connectivity index (χ3v) is 4.59. The minimum Gasteiger partial charge on any atom is -0.382 e. The largest absolute Gasteiger partial charge is 0.382 e. The summed E-state index contributed by atoms with van der Waals surface area (Å²) >= 11 is 5.97. The minimum atomic E-state index is -0.309. The number of nitrogen functional groups attached to an aromatic ring is 1. The molecule has 3 N–H and O–H groups in total. The van der Waals surface area contributed by atoms with Crippen LogP contribution in [0.5, 0.6) is 0 Å². The zero-order valence-corrected chi connectivity index (χ0v) is 14.1. The second kappa shape index (κ2) is 7.42. The quantitative estimate of drug-likeness (QED) is 0.851. The first-order valence-electron chi connectivity index (χ1n) is 7.63. The summed E-state index contributed by atoms with van der Waals surface area (Å²) in [6.45, 7) is 4.72. The molecular formula is C17H21ClN4O. The van der Waals surface area contributed by atoms with Gasteiger partial charge in [-0.25, -0.2) is 9.97 Å². The van der Waals surface area contributed by atoms with Crippen molar-refractivity contribution in [3.63, 3.8) is 0 Å². The van der Waals surface area contributed by atoms with Gasteiger partial charge in [0.1, 0.15) is 0 Å². The van der Waals surface area contributed by atoms with Crippen LogP contribution in [0, 0.1) is 0 Å². The predicted molar refractivity (Wildman–Crippen MR) is 92.5 cm³/mol. The summed E-state index contributed by atoms with van der Waals surface area (Å²) < 4.78 is 0. The van der Waals surface area contributed by atoms with Crippen molar-refractivity contribution >= 4 is 23.3 Å². The average molecular weight is 333 g/mol. The Bertz CT molecular complexity index is 669. The fourth-order valence-electron chi connectivity index (χ4n) is 2.67. The van der Waals surface area contributed by atoms with Crippen molar-refractivity contribution < 1.29 is 4.79 Å². The van der Waals surface area contributed by atoms with Crippen LogP contribution in [0.25, 0.3) is 0 Å². The molecule has 0 bridgehead atoms. The number of hydrogen-bond donors (Lipinski definition) is 2. The number of carbonyl (C=O) groups is 1. The van der Waals surface area contributed by atoms with Gasteiger partial charge < -0.3 is 11.1 Å².